The third-order valence-electron chi connectivity index (χ3n) is 1.93. The lowest BCUT2D eigenvalue weighted by atomic mass is 10.2. The Morgan fingerprint density at radius 3 is 2.65 bits per heavy atom. The van der Waals surface area contributed by atoms with Gasteiger partial charge in [0.25, 0.3) is 0 Å². The van der Waals surface area contributed by atoms with E-state index >= 15 is 0 Å². The molecule has 0 fully saturated rings. The Balaban J connectivity index is 2.85. The summed E-state index contributed by atoms with van der Waals surface area (Å²) >= 11 is 3.12. The van der Waals surface area contributed by atoms with E-state index < -0.39 is 16.0 Å². The number of sulfonamides is 1. The van der Waals surface area contributed by atoms with Crippen LogP contribution in [0.15, 0.2) is 22.7 Å². The van der Waals surface area contributed by atoms with Gasteiger partial charge >= 0.3 is 5.97 Å². The fourth-order valence-electron chi connectivity index (χ4n) is 1.22. The van der Waals surface area contributed by atoms with Crippen molar-refractivity contribution in [1.29, 1.82) is 0 Å². The lowest BCUT2D eigenvalue weighted by Crippen LogP contribution is -2.23. The highest BCUT2D eigenvalue weighted by Gasteiger charge is 2.13. The minimum Gasteiger partial charge on any atom is -0.478 e. The average molecular weight is 323 g/mol. The predicted molar refractivity (Wildman–Crippen MR) is 67.6 cm³/mol. The zero-order valence-corrected chi connectivity index (χ0v) is 11.1. The number of aromatic carboxylic acids is 1. The SMILES string of the molecule is NS(=O)(=O)CCNc1cccc(Br)c1C(=O)O. The van der Waals surface area contributed by atoms with Crippen LogP contribution in [-0.4, -0.2) is 31.8 Å². The number of carboxylic acids is 1. The van der Waals surface area contributed by atoms with Gasteiger partial charge in [0.15, 0.2) is 0 Å². The molecule has 0 bridgehead atoms. The van der Waals surface area contributed by atoms with Crippen LogP contribution >= 0.6 is 15.9 Å². The third kappa shape index (κ3) is 4.33. The van der Waals surface area contributed by atoms with Gasteiger partial charge in [0.1, 0.15) is 0 Å². The molecule has 0 heterocycles. The molecular weight excluding hydrogens is 312 g/mol. The molecule has 0 atom stereocenters. The summed E-state index contributed by atoms with van der Waals surface area (Å²) in [6.07, 6.45) is 0. The summed E-state index contributed by atoms with van der Waals surface area (Å²) in [6.45, 7) is 0.0512. The zero-order valence-electron chi connectivity index (χ0n) is 8.68. The van der Waals surface area contributed by atoms with E-state index in [-0.39, 0.29) is 17.9 Å². The number of hydrogen-bond acceptors (Lipinski definition) is 4. The maximum atomic E-state index is 11.0. The molecule has 6 nitrogen and oxygen atoms in total. The first-order valence-corrected chi connectivity index (χ1v) is 7.08. The van der Waals surface area contributed by atoms with Crippen LogP contribution < -0.4 is 10.5 Å². The number of primary sulfonamides is 1. The summed E-state index contributed by atoms with van der Waals surface area (Å²) in [7, 11) is -3.56. The van der Waals surface area contributed by atoms with Gasteiger partial charge in [-0.2, -0.15) is 0 Å². The molecule has 0 saturated heterocycles. The second kappa shape index (κ2) is 5.48. The normalized spacial score (nSPS) is 11.2. The van der Waals surface area contributed by atoms with E-state index in [4.69, 9.17) is 10.2 Å². The van der Waals surface area contributed by atoms with Gasteiger partial charge in [-0.15, -0.1) is 0 Å². The van der Waals surface area contributed by atoms with E-state index in [1.807, 2.05) is 0 Å². The number of benzene rings is 1. The minimum atomic E-state index is -3.56. The van der Waals surface area contributed by atoms with Gasteiger partial charge in [0, 0.05) is 16.7 Å². The van der Waals surface area contributed by atoms with Crippen LogP contribution in [0.2, 0.25) is 0 Å². The van der Waals surface area contributed by atoms with Crippen LogP contribution in [0.25, 0.3) is 0 Å². The highest BCUT2D eigenvalue weighted by molar-refractivity contribution is 9.10. The maximum Gasteiger partial charge on any atom is 0.338 e. The second-order valence-corrected chi connectivity index (χ2v) is 5.85. The Bertz CT molecular complexity index is 530. The van der Waals surface area contributed by atoms with Gasteiger partial charge in [-0.25, -0.2) is 18.4 Å². The largest absolute Gasteiger partial charge is 0.478 e. The number of carboxylic acid groups (broad SMARTS) is 1. The highest BCUT2D eigenvalue weighted by atomic mass is 79.9. The smallest absolute Gasteiger partial charge is 0.338 e. The molecule has 8 heteroatoms. The van der Waals surface area contributed by atoms with E-state index in [0.29, 0.717) is 10.2 Å². The van der Waals surface area contributed by atoms with E-state index in [2.05, 4.69) is 21.2 Å². The third-order valence-corrected chi connectivity index (χ3v) is 3.36. The van der Waals surface area contributed by atoms with E-state index in [1.165, 1.54) is 0 Å². The molecule has 0 saturated carbocycles. The van der Waals surface area contributed by atoms with Crippen LogP contribution in [0, 0.1) is 0 Å². The van der Waals surface area contributed by atoms with Gasteiger partial charge in [0.05, 0.1) is 11.3 Å². The molecule has 94 valence electrons. The van der Waals surface area contributed by atoms with Crippen molar-refractivity contribution in [2.45, 2.75) is 0 Å². The molecule has 0 aromatic heterocycles. The number of rotatable bonds is 5. The molecule has 0 aliphatic rings. The average Bonchev–Trinajstić information content (AvgIpc) is 2.14. The summed E-state index contributed by atoms with van der Waals surface area (Å²) in [5.41, 5.74) is 0.400. The van der Waals surface area contributed by atoms with E-state index in [9.17, 15) is 13.2 Å². The van der Waals surface area contributed by atoms with Crippen molar-refractivity contribution in [1.82, 2.24) is 0 Å². The van der Waals surface area contributed by atoms with Gasteiger partial charge < -0.3 is 10.4 Å². The van der Waals surface area contributed by atoms with Gasteiger partial charge in [-0.05, 0) is 28.1 Å². The van der Waals surface area contributed by atoms with Crippen molar-refractivity contribution >= 4 is 37.6 Å². The number of anilines is 1. The Hall–Kier alpha value is -1.12. The quantitative estimate of drug-likeness (QED) is 0.744. The van der Waals surface area contributed by atoms with Crippen molar-refractivity contribution in [2.75, 3.05) is 17.6 Å². The maximum absolute atomic E-state index is 11.0. The Morgan fingerprint density at radius 1 is 1.47 bits per heavy atom. The fraction of sp³-hybridized carbons (Fsp3) is 0.222. The van der Waals surface area contributed by atoms with Crippen molar-refractivity contribution in [2.24, 2.45) is 5.14 Å². The number of hydrogen-bond donors (Lipinski definition) is 3. The summed E-state index contributed by atoms with van der Waals surface area (Å²) in [5, 5.41) is 16.5. The first-order chi connectivity index (χ1) is 7.81. The van der Waals surface area contributed by atoms with E-state index in [1.54, 1.807) is 18.2 Å². The van der Waals surface area contributed by atoms with Crippen LogP contribution in [0.1, 0.15) is 10.4 Å². The standard InChI is InChI=1S/C9H11BrN2O4S/c10-6-2-1-3-7(8(6)9(13)14)12-4-5-17(11,15)16/h1-3,12H,4-5H2,(H,13,14)(H2,11,15,16). The molecule has 0 radical (unpaired) electrons. The van der Waals surface area contributed by atoms with Gasteiger partial charge in [-0.3, -0.25) is 0 Å². The topological polar surface area (TPSA) is 109 Å². The summed E-state index contributed by atoms with van der Waals surface area (Å²) in [5.74, 6) is -1.37. The van der Waals surface area contributed by atoms with Crippen molar-refractivity contribution in [3.8, 4) is 0 Å². The number of halogens is 1. The Kier molecular flexibility index (Phi) is 4.49. The van der Waals surface area contributed by atoms with Crippen LogP contribution in [0.5, 0.6) is 0 Å². The minimum absolute atomic E-state index is 0.0512. The molecule has 4 N–H and O–H groups in total. The molecule has 0 spiro atoms. The van der Waals surface area contributed by atoms with Crippen molar-refractivity contribution < 1.29 is 18.3 Å². The Morgan fingerprint density at radius 2 is 2.12 bits per heavy atom. The summed E-state index contributed by atoms with van der Waals surface area (Å²) in [4.78, 5) is 11.0. The predicted octanol–water partition coefficient (Wildman–Crippen LogP) is 0.848. The molecule has 0 unspecified atom stereocenters. The number of nitrogens with one attached hydrogen (secondary N) is 1. The monoisotopic (exact) mass is 322 g/mol. The van der Waals surface area contributed by atoms with Crippen molar-refractivity contribution in [3.05, 3.63) is 28.2 Å². The summed E-state index contributed by atoms with van der Waals surface area (Å²) in [6, 6.07) is 4.79. The fourth-order valence-corrected chi connectivity index (χ4v) is 2.14. The summed E-state index contributed by atoms with van der Waals surface area (Å²) < 4.78 is 21.9. The van der Waals surface area contributed by atoms with Gasteiger partial charge in [-0.1, -0.05) is 6.07 Å². The molecule has 1 aromatic carbocycles. The lowest BCUT2D eigenvalue weighted by Gasteiger charge is -2.10. The first-order valence-electron chi connectivity index (χ1n) is 4.57. The van der Waals surface area contributed by atoms with Crippen molar-refractivity contribution in [3.63, 3.8) is 0 Å². The molecular formula is C9H11BrN2O4S. The highest BCUT2D eigenvalue weighted by Crippen LogP contribution is 2.24. The van der Waals surface area contributed by atoms with E-state index in [0.717, 1.165) is 0 Å². The lowest BCUT2D eigenvalue weighted by molar-refractivity contribution is 0.0697. The first kappa shape index (κ1) is 13.9. The number of carbonyl (C=O) groups is 1. The van der Waals surface area contributed by atoms with Gasteiger partial charge in [0.2, 0.25) is 10.0 Å². The second-order valence-electron chi connectivity index (χ2n) is 3.26. The molecule has 0 amide bonds. The number of nitrogens with two attached hydrogens (primary N) is 1. The van der Waals surface area contributed by atoms with Crippen LogP contribution in [0.3, 0.4) is 0 Å². The molecule has 1 rings (SSSR count). The molecule has 1 aromatic rings. The molecule has 0 aliphatic heterocycles. The molecule has 17 heavy (non-hydrogen) atoms. The Labute approximate surface area is 107 Å². The van der Waals surface area contributed by atoms with Crippen LogP contribution in [-0.2, 0) is 10.0 Å². The zero-order chi connectivity index (χ0) is 13.1. The van der Waals surface area contributed by atoms with Crippen LogP contribution in [0.4, 0.5) is 5.69 Å². The molecule has 0 aliphatic carbocycles.